The molecule has 1 rings (SSSR count). The molecule has 0 N–H and O–H groups in total. The predicted octanol–water partition coefficient (Wildman–Crippen LogP) is 1.66. The first-order chi connectivity index (χ1) is 9.02. The standard InChI is InChI=1S/C11H11BrN4O2S/c12-10-7-11(9-15-8-10)19(17,18)16(5-1-3-13)6-2-4-14/h7-9H,1-2,5-6H2. The molecule has 0 amide bonds. The number of hydrogen-bond donors (Lipinski definition) is 0. The van der Waals surface area contributed by atoms with Gasteiger partial charge in [-0.1, -0.05) is 0 Å². The highest BCUT2D eigenvalue weighted by atomic mass is 79.9. The van der Waals surface area contributed by atoms with Crippen molar-refractivity contribution >= 4 is 26.0 Å². The van der Waals surface area contributed by atoms with Gasteiger partial charge in [-0.25, -0.2) is 8.42 Å². The third-order valence-corrected chi connectivity index (χ3v) is 4.56. The average Bonchev–Trinajstić information content (AvgIpc) is 2.38. The van der Waals surface area contributed by atoms with Crippen LogP contribution < -0.4 is 0 Å². The zero-order valence-corrected chi connectivity index (χ0v) is 12.4. The van der Waals surface area contributed by atoms with Crippen LogP contribution in [0.15, 0.2) is 27.8 Å². The Hall–Kier alpha value is -1.48. The summed E-state index contributed by atoms with van der Waals surface area (Å²) in [5.74, 6) is 0. The quantitative estimate of drug-likeness (QED) is 0.782. The van der Waals surface area contributed by atoms with Gasteiger partial charge in [-0.05, 0) is 22.0 Å². The molecule has 1 aromatic rings. The Bertz CT molecular complexity index is 600. The first-order valence-corrected chi connectivity index (χ1v) is 7.60. The first kappa shape index (κ1) is 15.6. The lowest BCUT2D eigenvalue weighted by Crippen LogP contribution is -2.32. The number of nitrogens with zero attached hydrogens (tertiary/aromatic N) is 4. The maximum Gasteiger partial charge on any atom is 0.244 e. The van der Waals surface area contributed by atoms with Gasteiger partial charge in [0.15, 0.2) is 0 Å². The van der Waals surface area contributed by atoms with Crippen molar-refractivity contribution in [2.24, 2.45) is 0 Å². The Labute approximate surface area is 120 Å². The molecule has 0 fully saturated rings. The third-order valence-electron chi connectivity index (χ3n) is 2.26. The summed E-state index contributed by atoms with van der Waals surface area (Å²) in [5, 5.41) is 17.1. The van der Waals surface area contributed by atoms with Crippen molar-refractivity contribution in [2.45, 2.75) is 17.7 Å². The molecule has 19 heavy (non-hydrogen) atoms. The molecule has 0 atom stereocenters. The molecule has 100 valence electrons. The summed E-state index contributed by atoms with van der Waals surface area (Å²) >= 11 is 3.16. The maximum atomic E-state index is 12.3. The lowest BCUT2D eigenvalue weighted by Gasteiger charge is -2.19. The third kappa shape index (κ3) is 4.28. The Morgan fingerprint density at radius 2 is 1.79 bits per heavy atom. The van der Waals surface area contributed by atoms with Crippen molar-refractivity contribution in [3.05, 3.63) is 22.9 Å². The number of pyridine rings is 1. The second-order valence-electron chi connectivity index (χ2n) is 3.56. The summed E-state index contributed by atoms with van der Waals surface area (Å²) < 4.78 is 26.4. The fourth-order valence-electron chi connectivity index (χ4n) is 1.38. The van der Waals surface area contributed by atoms with E-state index < -0.39 is 10.0 Å². The molecule has 0 unspecified atom stereocenters. The number of sulfonamides is 1. The smallest absolute Gasteiger partial charge is 0.244 e. The lowest BCUT2D eigenvalue weighted by molar-refractivity contribution is 0.424. The molecule has 8 heteroatoms. The van der Waals surface area contributed by atoms with Gasteiger partial charge < -0.3 is 0 Å². The summed E-state index contributed by atoms with van der Waals surface area (Å²) in [7, 11) is -3.73. The molecule has 0 saturated carbocycles. The Morgan fingerprint density at radius 1 is 1.21 bits per heavy atom. The molecule has 1 heterocycles. The Morgan fingerprint density at radius 3 is 2.26 bits per heavy atom. The molecule has 0 saturated heterocycles. The van der Waals surface area contributed by atoms with Crippen LogP contribution in [0.4, 0.5) is 0 Å². The van der Waals surface area contributed by atoms with Crippen LogP contribution in [0.25, 0.3) is 0 Å². The number of hydrogen-bond acceptors (Lipinski definition) is 5. The van der Waals surface area contributed by atoms with Crippen LogP contribution in [0.5, 0.6) is 0 Å². The summed E-state index contributed by atoms with van der Waals surface area (Å²) in [4.78, 5) is 3.85. The minimum atomic E-state index is -3.73. The van der Waals surface area contributed by atoms with E-state index >= 15 is 0 Å². The summed E-state index contributed by atoms with van der Waals surface area (Å²) in [6, 6.07) is 5.23. The van der Waals surface area contributed by atoms with Crippen LogP contribution in [-0.4, -0.2) is 30.8 Å². The second kappa shape index (κ2) is 7.19. The molecule has 0 radical (unpaired) electrons. The molecule has 0 aliphatic heterocycles. The van der Waals surface area contributed by atoms with Gasteiger partial charge in [0.25, 0.3) is 0 Å². The molecule has 6 nitrogen and oxygen atoms in total. The van der Waals surface area contributed by atoms with Gasteiger partial charge in [0.1, 0.15) is 4.90 Å². The number of halogens is 1. The van der Waals surface area contributed by atoms with E-state index in [9.17, 15) is 8.42 Å². The molecule has 0 aromatic carbocycles. The summed E-state index contributed by atoms with van der Waals surface area (Å²) in [5.41, 5.74) is 0. The minimum absolute atomic E-state index is 0.0396. The van der Waals surface area contributed by atoms with Crippen molar-refractivity contribution < 1.29 is 8.42 Å². The summed E-state index contributed by atoms with van der Waals surface area (Å²) in [6.45, 7) is 0.125. The molecule has 0 spiro atoms. The van der Waals surface area contributed by atoms with Gasteiger partial charge in [0, 0.05) is 42.8 Å². The van der Waals surface area contributed by atoms with E-state index in [0.29, 0.717) is 4.47 Å². The van der Waals surface area contributed by atoms with Gasteiger partial charge in [0.05, 0.1) is 12.1 Å². The SMILES string of the molecule is N#CCCN(CCC#N)S(=O)(=O)c1cncc(Br)c1. The Balaban J connectivity index is 3.05. The maximum absolute atomic E-state index is 12.3. The average molecular weight is 343 g/mol. The topological polar surface area (TPSA) is 97.9 Å². The molecule has 0 bridgehead atoms. The van der Waals surface area contributed by atoms with Gasteiger partial charge in [0.2, 0.25) is 10.0 Å². The zero-order valence-electron chi connectivity index (χ0n) is 9.95. The van der Waals surface area contributed by atoms with Crippen LogP contribution in [-0.2, 0) is 10.0 Å². The van der Waals surface area contributed by atoms with E-state index in [1.807, 2.05) is 12.1 Å². The van der Waals surface area contributed by atoms with Crippen LogP contribution in [0, 0.1) is 22.7 Å². The molecule has 0 aliphatic carbocycles. The number of aromatic nitrogens is 1. The highest BCUT2D eigenvalue weighted by molar-refractivity contribution is 9.10. The van der Waals surface area contributed by atoms with E-state index in [-0.39, 0.29) is 30.8 Å². The fourth-order valence-corrected chi connectivity index (χ4v) is 3.33. The number of rotatable bonds is 6. The van der Waals surface area contributed by atoms with E-state index in [2.05, 4.69) is 20.9 Å². The molecular formula is C11H11BrN4O2S. The second-order valence-corrected chi connectivity index (χ2v) is 6.41. The van der Waals surface area contributed by atoms with Crippen LogP contribution in [0.2, 0.25) is 0 Å². The van der Waals surface area contributed by atoms with Crippen LogP contribution in [0.3, 0.4) is 0 Å². The highest BCUT2D eigenvalue weighted by Crippen LogP contribution is 2.19. The highest BCUT2D eigenvalue weighted by Gasteiger charge is 2.24. The van der Waals surface area contributed by atoms with Crippen molar-refractivity contribution in [3.8, 4) is 12.1 Å². The van der Waals surface area contributed by atoms with Crippen LogP contribution >= 0.6 is 15.9 Å². The van der Waals surface area contributed by atoms with E-state index in [0.717, 1.165) is 4.31 Å². The minimum Gasteiger partial charge on any atom is -0.262 e. The fraction of sp³-hybridized carbons (Fsp3) is 0.364. The summed E-state index contributed by atoms with van der Waals surface area (Å²) in [6.07, 6.45) is 2.87. The molecule has 0 aliphatic rings. The normalized spacial score (nSPS) is 10.9. The predicted molar refractivity (Wildman–Crippen MR) is 71.2 cm³/mol. The molecule has 1 aromatic heterocycles. The van der Waals surface area contributed by atoms with Crippen molar-refractivity contribution in [1.29, 1.82) is 10.5 Å². The monoisotopic (exact) mass is 342 g/mol. The van der Waals surface area contributed by atoms with Crippen LogP contribution in [0.1, 0.15) is 12.8 Å². The van der Waals surface area contributed by atoms with Crippen molar-refractivity contribution in [3.63, 3.8) is 0 Å². The largest absolute Gasteiger partial charge is 0.262 e. The van der Waals surface area contributed by atoms with Gasteiger partial charge in [-0.15, -0.1) is 0 Å². The van der Waals surface area contributed by atoms with Gasteiger partial charge in [-0.2, -0.15) is 14.8 Å². The van der Waals surface area contributed by atoms with Gasteiger partial charge in [-0.3, -0.25) is 4.98 Å². The first-order valence-electron chi connectivity index (χ1n) is 5.37. The van der Waals surface area contributed by atoms with E-state index in [1.165, 1.54) is 18.5 Å². The zero-order chi connectivity index (χ0) is 14.3. The molecular weight excluding hydrogens is 332 g/mol. The van der Waals surface area contributed by atoms with Gasteiger partial charge >= 0.3 is 0 Å². The van der Waals surface area contributed by atoms with E-state index in [1.54, 1.807) is 0 Å². The Kier molecular flexibility index (Phi) is 5.90. The lowest BCUT2D eigenvalue weighted by atomic mass is 10.4. The van der Waals surface area contributed by atoms with E-state index in [4.69, 9.17) is 10.5 Å². The number of nitriles is 2. The van der Waals surface area contributed by atoms with Crippen molar-refractivity contribution in [1.82, 2.24) is 9.29 Å². The van der Waals surface area contributed by atoms with Crippen molar-refractivity contribution in [2.75, 3.05) is 13.1 Å².